The highest BCUT2D eigenvalue weighted by molar-refractivity contribution is 7.89. The van der Waals surface area contributed by atoms with E-state index in [0.29, 0.717) is 11.3 Å². The Morgan fingerprint density at radius 1 is 1.03 bits per heavy atom. The number of hydrogen-bond donors (Lipinski definition) is 1. The molecule has 0 saturated heterocycles. The Labute approximate surface area is 212 Å². The molecule has 11 nitrogen and oxygen atoms in total. The SMILES string of the molecule is Cc1ccc(S(=O)(=O)N(C)C)cc1NC(=O)COC(=O)c1ccc2c(c1)C(=O)N(Cc1ccco1)C2=O. The average molecular weight is 526 g/mol. The van der Waals surface area contributed by atoms with Gasteiger partial charge in [-0.15, -0.1) is 0 Å². The third-order valence-electron chi connectivity index (χ3n) is 5.70. The number of sulfonamides is 1. The number of ether oxygens (including phenoxy) is 1. The summed E-state index contributed by atoms with van der Waals surface area (Å²) in [5.41, 5.74) is 1.04. The minimum Gasteiger partial charge on any atom is -0.467 e. The van der Waals surface area contributed by atoms with Gasteiger partial charge in [-0.25, -0.2) is 17.5 Å². The molecule has 37 heavy (non-hydrogen) atoms. The number of carbonyl (C=O) groups is 4. The molecule has 1 aliphatic heterocycles. The zero-order valence-corrected chi connectivity index (χ0v) is 21.0. The van der Waals surface area contributed by atoms with Gasteiger partial charge in [0.05, 0.1) is 34.4 Å². The standard InChI is InChI=1S/C25H23N3O8S/c1-15-6-8-18(37(33,34)27(2)3)12-21(15)26-22(29)14-36-25(32)16-7-9-19-20(11-16)24(31)28(23(19)30)13-17-5-4-10-35-17/h4-12H,13-14H2,1-3H3,(H,26,29). The first-order valence-corrected chi connectivity index (χ1v) is 12.5. The second kappa shape index (κ2) is 9.99. The second-order valence-electron chi connectivity index (χ2n) is 8.42. The van der Waals surface area contributed by atoms with E-state index in [9.17, 15) is 27.6 Å². The summed E-state index contributed by atoms with van der Waals surface area (Å²) < 4.78 is 36.1. The number of imide groups is 1. The molecule has 0 unspecified atom stereocenters. The lowest BCUT2D eigenvalue weighted by atomic mass is 10.1. The summed E-state index contributed by atoms with van der Waals surface area (Å²) in [5.74, 6) is -2.21. The van der Waals surface area contributed by atoms with Crippen LogP contribution >= 0.6 is 0 Å². The third kappa shape index (κ3) is 5.15. The number of furan rings is 1. The molecule has 0 spiro atoms. The van der Waals surface area contributed by atoms with Gasteiger partial charge in [-0.3, -0.25) is 19.3 Å². The summed E-state index contributed by atoms with van der Waals surface area (Å²) in [6, 6.07) is 11.5. The third-order valence-corrected chi connectivity index (χ3v) is 7.51. The molecular weight excluding hydrogens is 502 g/mol. The van der Waals surface area contributed by atoms with Gasteiger partial charge in [0.1, 0.15) is 5.76 Å². The number of rotatable bonds is 8. The van der Waals surface area contributed by atoms with Crippen LogP contribution < -0.4 is 5.32 Å². The number of aryl methyl sites for hydroxylation is 1. The zero-order valence-electron chi connectivity index (χ0n) is 20.2. The number of hydrogen-bond acceptors (Lipinski definition) is 8. The quantitative estimate of drug-likeness (QED) is 0.349. The Balaban J connectivity index is 1.41. The molecule has 0 bridgehead atoms. The zero-order chi connectivity index (χ0) is 26.9. The van der Waals surface area contributed by atoms with Crippen molar-refractivity contribution in [3.8, 4) is 0 Å². The number of esters is 1. The van der Waals surface area contributed by atoms with Crippen LogP contribution in [0, 0.1) is 6.92 Å². The molecule has 1 aromatic heterocycles. The topological polar surface area (TPSA) is 143 Å². The van der Waals surface area contributed by atoms with Crippen LogP contribution in [0.15, 0.2) is 64.1 Å². The van der Waals surface area contributed by atoms with Crippen molar-refractivity contribution < 1.29 is 36.7 Å². The highest BCUT2D eigenvalue weighted by atomic mass is 32.2. The molecular formula is C25H23N3O8S. The molecule has 0 saturated carbocycles. The van der Waals surface area contributed by atoms with Crippen molar-refractivity contribution in [3.63, 3.8) is 0 Å². The minimum atomic E-state index is -3.71. The molecule has 2 heterocycles. The Morgan fingerprint density at radius 3 is 2.43 bits per heavy atom. The first-order chi connectivity index (χ1) is 17.5. The fourth-order valence-electron chi connectivity index (χ4n) is 3.63. The van der Waals surface area contributed by atoms with Gasteiger partial charge < -0.3 is 14.5 Å². The van der Waals surface area contributed by atoms with E-state index in [1.807, 2.05) is 0 Å². The molecule has 2 aromatic carbocycles. The summed E-state index contributed by atoms with van der Waals surface area (Å²) in [7, 11) is -0.920. The number of anilines is 1. The van der Waals surface area contributed by atoms with E-state index in [4.69, 9.17) is 9.15 Å². The van der Waals surface area contributed by atoms with Crippen LogP contribution in [-0.2, 0) is 26.1 Å². The lowest BCUT2D eigenvalue weighted by molar-refractivity contribution is -0.119. The maximum atomic E-state index is 12.8. The van der Waals surface area contributed by atoms with E-state index in [-0.39, 0.29) is 33.8 Å². The van der Waals surface area contributed by atoms with Crippen molar-refractivity contribution in [2.24, 2.45) is 0 Å². The van der Waals surface area contributed by atoms with Crippen LogP contribution in [0.25, 0.3) is 0 Å². The van der Waals surface area contributed by atoms with E-state index in [2.05, 4.69) is 5.32 Å². The number of fused-ring (bicyclic) bond motifs is 1. The van der Waals surface area contributed by atoms with E-state index in [0.717, 1.165) is 9.21 Å². The van der Waals surface area contributed by atoms with E-state index in [1.54, 1.807) is 25.1 Å². The Bertz CT molecular complexity index is 1510. The van der Waals surface area contributed by atoms with Crippen molar-refractivity contribution in [2.75, 3.05) is 26.0 Å². The van der Waals surface area contributed by atoms with Crippen LogP contribution in [0.3, 0.4) is 0 Å². The van der Waals surface area contributed by atoms with Gasteiger partial charge >= 0.3 is 5.97 Å². The first-order valence-electron chi connectivity index (χ1n) is 11.0. The number of benzene rings is 2. The molecule has 192 valence electrons. The maximum Gasteiger partial charge on any atom is 0.338 e. The Morgan fingerprint density at radius 2 is 1.76 bits per heavy atom. The fourth-order valence-corrected chi connectivity index (χ4v) is 4.56. The van der Waals surface area contributed by atoms with Gasteiger partial charge in [-0.05, 0) is 55.0 Å². The van der Waals surface area contributed by atoms with Crippen LogP contribution in [0.5, 0.6) is 0 Å². The average Bonchev–Trinajstić information content (AvgIpc) is 3.46. The molecule has 3 amide bonds. The predicted octanol–water partition coefficient (Wildman–Crippen LogP) is 2.43. The first kappa shape index (κ1) is 25.8. The van der Waals surface area contributed by atoms with Crippen LogP contribution in [-0.4, -0.2) is 62.0 Å². The van der Waals surface area contributed by atoms with Gasteiger partial charge in [0.15, 0.2) is 6.61 Å². The summed E-state index contributed by atoms with van der Waals surface area (Å²) >= 11 is 0. The van der Waals surface area contributed by atoms with Gasteiger partial charge in [0.2, 0.25) is 10.0 Å². The maximum absolute atomic E-state index is 12.8. The lowest BCUT2D eigenvalue weighted by Crippen LogP contribution is -2.28. The number of nitrogens with one attached hydrogen (secondary N) is 1. The van der Waals surface area contributed by atoms with Crippen molar-refractivity contribution in [1.29, 1.82) is 0 Å². The van der Waals surface area contributed by atoms with E-state index >= 15 is 0 Å². The van der Waals surface area contributed by atoms with Gasteiger partial charge in [-0.2, -0.15) is 0 Å². The second-order valence-corrected chi connectivity index (χ2v) is 10.6. The molecule has 0 radical (unpaired) electrons. The molecule has 0 atom stereocenters. The number of carbonyl (C=O) groups excluding carboxylic acids is 4. The minimum absolute atomic E-state index is 0.00570. The molecule has 1 N–H and O–H groups in total. The monoisotopic (exact) mass is 525 g/mol. The Kier molecular flexibility index (Phi) is 6.96. The van der Waals surface area contributed by atoms with Crippen molar-refractivity contribution in [3.05, 3.63) is 82.8 Å². The molecule has 4 rings (SSSR count). The van der Waals surface area contributed by atoms with Crippen LogP contribution in [0.1, 0.15) is 42.4 Å². The highest BCUT2D eigenvalue weighted by Gasteiger charge is 2.36. The molecule has 12 heteroatoms. The van der Waals surface area contributed by atoms with Gasteiger partial charge in [-0.1, -0.05) is 6.07 Å². The summed E-state index contributed by atoms with van der Waals surface area (Å²) in [6.45, 7) is 0.985. The van der Waals surface area contributed by atoms with Crippen LogP contribution in [0.2, 0.25) is 0 Å². The van der Waals surface area contributed by atoms with Gasteiger partial charge in [0, 0.05) is 19.8 Å². The largest absolute Gasteiger partial charge is 0.467 e. The number of amides is 3. The molecule has 0 aliphatic carbocycles. The van der Waals surface area contributed by atoms with Crippen LogP contribution in [0.4, 0.5) is 5.69 Å². The van der Waals surface area contributed by atoms with Crippen molar-refractivity contribution in [2.45, 2.75) is 18.4 Å². The van der Waals surface area contributed by atoms with E-state index < -0.39 is 40.3 Å². The molecule has 1 aliphatic rings. The highest BCUT2D eigenvalue weighted by Crippen LogP contribution is 2.26. The van der Waals surface area contributed by atoms with Crippen molar-refractivity contribution in [1.82, 2.24) is 9.21 Å². The summed E-state index contributed by atoms with van der Waals surface area (Å²) in [6.07, 6.45) is 1.43. The summed E-state index contributed by atoms with van der Waals surface area (Å²) in [4.78, 5) is 51.3. The lowest BCUT2D eigenvalue weighted by Gasteiger charge is -2.14. The smallest absolute Gasteiger partial charge is 0.338 e. The molecule has 3 aromatic rings. The van der Waals surface area contributed by atoms with Crippen molar-refractivity contribution >= 4 is 39.4 Å². The van der Waals surface area contributed by atoms with Gasteiger partial charge in [0.25, 0.3) is 17.7 Å². The summed E-state index contributed by atoms with van der Waals surface area (Å²) in [5, 5.41) is 2.54. The normalized spacial score (nSPS) is 13.1. The fraction of sp³-hybridized carbons (Fsp3) is 0.200. The molecule has 0 fully saturated rings. The van der Waals surface area contributed by atoms with E-state index in [1.165, 1.54) is 50.7 Å². The Hall–Kier alpha value is -4.29. The number of nitrogens with zero attached hydrogens (tertiary/aromatic N) is 2. The predicted molar refractivity (Wildman–Crippen MR) is 130 cm³/mol.